The van der Waals surface area contributed by atoms with E-state index >= 15 is 0 Å². The Kier molecular flexibility index (Phi) is 4.52. The van der Waals surface area contributed by atoms with Crippen molar-refractivity contribution >= 4 is 29.2 Å². The van der Waals surface area contributed by atoms with Crippen molar-refractivity contribution < 1.29 is 19.5 Å². The van der Waals surface area contributed by atoms with Crippen LogP contribution in [-0.4, -0.2) is 29.4 Å². The predicted molar refractivity (Wildman–Crippen MR) is 93.7 cm³/mol. The van der Waals surface area contributed by atoms with Gasteiger partial charge in [-0.1, -0.05) is 29.8 Å². The number of carboxylic acid groups (broad SMARTS) is 1. The van der Waals surface area contributed by atoms with Crippen LogP contribution in [-0.2, 0) is 9.59 Å². The van der Waals surface area contributed by atoms with Crippen LogP contribution < -0.4 is 10.2 Å². The summed E-state index contributed by atoms with van der Waals surface area (Å²) in [7, 11) is 0. The summed E-state index contributed by atoms with van der Waals surface area (Å²) in [4.78, 5) is 37.6. The van der Waals surface area contributed by atoms with Gasteiger partial charge in [-0.15, -0.1) is 0 Å². The van der Waals surface area contributed by atoms with Gasteiger partial charge < -0.3 is 15.3 Å². The van der Waals surface area contributed by atoms with Gasteiger partial charge in [0.05, 0.1) is 17.2 Å². The summed E-state index contributed by atoms with van der Waals surface area (Å²) in [5.41, 5.74) is 2.11. The van der Waals surface area contributed by atoms with Gasteiger partial charge in [-0.05, 0) is 31.2 Å². The standard InChI is InChI=1S/C19H18N2O4/c1-12-6-8-14(9-7-12)21-11-13(10-17(21)22)18(23)20-16-5-3-2-4-15(16)19(24)25/h2-9,13H,10-11H2,1H3,(H,20,23)(H,24,25). The molecular formula is C19H18N2O4. The zero-order valence-corrected chi connectivity index (χ0v) is 13.7. The Morgan fingerprint density at radius 1 is 1.12 bits per heavy atom. The van der Waals surface area contributed by atoms with E-state index in [0.29, 0.717) is 0 Å². The third-order valence-electron chi connectivity index (χ3n) is 4.26. The molecule has 128 valence electrons. The molecule has 2 aromatic rings. The number of benzene rings is 2. The molecule has 1 heterocycles. The first-order valence-electron chi connectivity index (χ1n) is 7.96. The summed E-state index contributed by atoms with van der Waals surface area (Å²) in [6.45, 7) is 2.24. The van der Waals surface area contributed by atoms with Gasteiger partial charge in [0.1, 0.15) is 0 Å². The molecule has 2 amide bonds. The van der Waals surface area contributed by atoms with E-state index < -0.39 is 11.9 Å². The summed E-state index contributed by atoms with van der Waals surface area (Å²) in [6, 6.07) is 13.8. The first-order chi connectivity index (χ1) is 12.0. The van der Waals surface area contributed by atoms with Crippen LogP contribution in [0.15, 0.2) is 48.5 Å². The topological polar surface area (TPSA) is 86.7 Å². The van der Waals surface area contributed by atoms with Crippen molar-refractivity contribution in [2.45, 2.75) is 13.3 Å². The van der Waals surface area contributed by atoms with E-state index in [2.05, 4.69) is 5.32 Å². The minimum absolute atomic E-state index is 0.0237. The third-order valence-corrected chi connectivity index (χ3v) is 4.26. The molecule has 1 aliphatic heterocycles. The monoisotopic (exact) mass is 338 g/mol. The van der Waals surface area contributed by atoms with Crippen LogP contribution in [0, 0.1) is 12.8 Å². The Labute approximate surface area is 145 Å². The number of carbonyl (C=O) groups excluding carboxylic acids is 2. The molecule has 2 N–H and O–H groups in total. The van der Waals surface area contributed by atoms with Crippen molar-refractivity contribution in [3.8, 4) is 0 Å². The van der Waals surface area contributed by atoms with E-state index in [1.807, 2.05) is 31.2 Å². The molecule has 1 fully saturated rings. The molecule has 0 spiro atoms. The van der Waals surface area contributed by atoms with Gasteiger partial charge in [-0.2, -0.15) is 0 Å². The maximum Gasteiger partial charge on any atom is 0.337 e. The summed E-state index contributed by atoms with van der Waals surface area (Å²) in [5, 5.41) is 11.8. The average Bonchev–Trinajstić information content (AvgIpc) is 2.98. The van der Waals surface area contributed by atoms with Gasteiger partial charge in [0.2, 0.25) is 11.8 Å². The Hall–Kier alpha value is -3.15. The van der Waals surface area contributed by atoms with Gasteiger partial charge in [0.15, 0.2) is 0 Å². The number of hydrogen-bond acceptors (Lipinski definition) is 3. The van der Waals surface area contributed by atoms with E-state index in [0.717, 1.165) is 11.3 Å². The van der Waals surface area contributed by atoms with Crippen LogP contribution in [0.1, 0.15) is 22.3 Å². The lowest BCUT2D eigenvalue weighted by molar-refractivity contribution is -0.122. The summed E-state index contributed by atoms with van der Waals surface area (Å²) < 4.78 is 0. The molecule has 0 saturated carbocycles. The Morgan fingerprint density at radius 2 is 1.80 bits per heavy atom. The first kappa shape index (κ1) is 16.7. The number of para-hydroxylation sites is 1. The number of nitrogens with zero attached hydrogens (tertiary/aromatic N) is 1. The molecule has 0 bridgehead atoms. The number of carboxylic acids is 1. The number of hydrogen-bond donors (Lipinski definition) is 2. The van der Waals surface area contributed by atoms with Crippen molar-refractivity contribution in [1.29, 1.82) is 0 Å². The second kappa shape index (κ2) is 6.76. The fourth-order valence-electron chi connectivity index (χ4n) is 2.87. The van der Waals surface area contributed by atoms with Crippen molar-refractivity contribution in [2.24, 2.45) is 5.92 Å². The molecule has 2 aromatic carbocycles. The van der Waals surface area contributed by atoms with Crippen molar-refractivity contribution in [1.82, 2.24) is 0 Å². The number of anilines is 2. The maximum atomic E-state index is 12.5. The molecule has 1 saturated heterocycles. The minimum atomic E-state index is -1.11. The van der Waals surface area contributed by atoms with Crippen LogP contribution in [0.25, 0.3) is 0 Å². The Bertz CT molecular complexity index is 830. The number of amides is 2. The van der Waals surface area contributed by atoms with Crippen LogP contribution >= 0.6 is 0 Å². The second-order valence-corrected chi connectivity index (χ2v) is 6.08. The van der Waals surface area contributed by atoms with E-state index in [1.54, 1.807) is 17.0 Å². The quantitative estimate of drug-likeness (QED) is 0.897. The Morgan fingerprint density at radius 3 is 2.48 bits per heavy atom. The van der Waals surface area contributed by atoms with Gasteiger partial charge in [0, 0.05) is 18.7 Å². The van der Waals surface area contributed by atoms with Gasteiger partial charge in [-0.3, -0.25) is 9.59 Å². The highest BCUT2D eigenvalue weighted by molar-refractivity contribution is 6.05. The molecule has 1 unspecified atom stereocenters. The van der Waals surface area contributed by atoms with Gasteiger partial charge in [-0.25, -0.2) is 4.79 Å². The SMILES string of the molecule is Cc1ccc(N2CC(C(=O)Nc3ccccc3C(=O)O)CC2=O)cc1. The van der Waals surface area contributed by atoms with Crippen LogP contribution in [0.3, 0.4) is 0 Å². The van der Waals surface area contributed by atoms with E-state index in [4.69, 9.17) is 0 Å². The summed E-state index contributed by atoms with van der Waals surface area (Å²) in [6.07, 6.45) is 0.106. The molecule has 1 atom stereocenters. The fourth-order valence-corrected chi connectivity index (χ4v) is 2.87. The number of rotatable bonds is 4. The molecule has 3 rings (SSSR count). The molecule has 25 heavy (non-hydrogen) atoms. The smallest absolute Gasteiger partial charge is 0.337 e. The number of carbonyl (C=O) groups is 3. The largest absolute Gasteiger partial charge is 0.478 e. The van der Waals surface area contributed by atoms with Crippen molar-refractivity contribution in [3.05, 3.63) is 59.7 Å². The third kappa shape index (κ3) is 3.52. The van der Waals surface area contributed by atoms with Gasteiger partial charge in [0.25, 0.3) is 0 Å². The highest BCUT2D eigenvalue weighted by Gasteiger charge is 2.35. The lowest BCUT2D eigenvalue weighted by atomic mass is 10.1. The maximum absolute atomic E-state index is 12.5. The molecule has 6 heteroatoms. The van der Waals surface area contributed by atoms with Crippen LogP contribution in [0.4, 0.5) is 11.4 Å². The van der Waals surface area contributed by atoms with Crippen LogP contribution in [0.2, 0.25) is 0 Å². The highest BCUT2D eigenvalue weighted by atomic mass is 16.4. The van der Waals surface area contributed by atoms with Crippen molar-refractivity contribution in [3.63, 3.8) is 0 Å². The molecule has 1 aliphatic rings. The second-order valence-electron chi connectivity index (χ2n) is 6.08. The van der Waals surface area contributed by atoms with Crippen LogP contribution in [0.5, 0.6) is 0 Å². The number of aryl methyl sites for hydroxylation is 1. The predicted octanol–water partition coefficient (Wildman–Crippen LogP) is 2.68. The molecule has 0 aromatic heterocycles. The zero-order valence-electron chi connectivity index (χ0n) is 13.7. The number of aromatic carboxylic acids is 1. The summed E-state index contributed by atoms with van der Waals surface area (Å²) in [5.74, 6) is -2.09. The molecular weight excluding hydrogens is 320 g/mol. The first-order valence-corrected chi connectivity index (χ1v) is 7.96. The molecule has 6 nitrogen and oxygen atoms in total. The Balaban J connectivity index is 1.73. The average molecular weight is 338 g/mol. The zero-order chi connectivity index (χ0) is 18.0. The highest BCUT2D eigenvalue weighted by Crippen LogP contribution is 2.26. The summed E-state index contributed by atoms with van der Waals surface area (Å²) >= 11 is 0. The number of nitrogens with one attached hydrogen (secondary N) is 1. The minimum Gasteiger partial charge on any atom is -0.478 e. The lowest BCUT2D eigenvalue weighted by Gasteiger charge is -2.17. The molecule has 0 radical (unpaired) electrons. The normalized spacial score (nSPS) is 16.8. The lowest BCUT2D eigenvalue weighted by Crippen LogP contribution is -2.28. The molecule has 0 aliphatic carbocycles. The van der Waals surface area contributed by atoms with E-state index in [1.165, 1.54) is 12.1 Å². The fraction of sp³-hybridized carbons (Fsp3) is 0.211. The van der Waals surface area contributed by atoms with E-state index in [9.17, 15) is 19.5 Å². The van der Waals surface area contributed by atoms with Crippen molar-refractivity contribution in [2.75, 3.05) is 16.8 Å². The van der Waals surface area contributed by atoms with E-state index in [-0.39, 0.29) is 36.0 Å². The van der Waals surface area contributed by atoms with Gasteiger partial charge >= 0.3 is 5.97 Å².